The minimum atomic E-state index is -0.556. The van der Waals surface area contributed by atoms with E-state index in [-0.39, 0.29) is 30.2 Å². The molecule has 0 heterocycles. The van der Waals surface area contributed by atoms with Gasteiger partial charge in [0.1, 0.15) is 12.4 Å². The average Bonchev–Trinajstić information content (AvgIpc) is 2.63. The molecule has 1 N–H and O–H groups in total. The summed E-state index contributed by atoms with van der Waals surface area (Å²) in [5.41, 5.74) is 0.468. The van der Waals surface area contributed by atoms with Gasteiger partial charge in [0.2, 0.25) is 0 Å². The van der Waals surface area contributed by atoms with E-state index in [1.165, 1.54) is 13.2 Å². The lowest BCUT2D eigenvalue weighted by Gasteiger charge is -2.06. The van der Waals surface area contributed by atoms with Crippen LogP contribution in [-0.2, 0) is 4.74 Å². The number of carbonyl (C=O) groups excluding carboxylic acids is 2. The number of esters is 1. The van der Waals surface area contributed by atoms with E-state index in [1.54, 1.807) is 18.2 Å². The summed E-state index contributed by atoms with van der Waals surface area (Å²) in [6.07, 6.45) is 0. The molecule has 0 aliphatic heterocycles. The molecular formula is C19H16BrNO4. The first-order valence-electron chi connectivity index (χ1n) is 7.41. The second-order valence-electron chi connectivity index (χ2n) is 4.82. The van der Waals surface area contributed by atoms with E-state index in [0.29, 0.717) is 5.75 Å². The van der Waals surface area contributed by atoms with Gasteiger partial charge in [-0.1, -0.05) is 46.0 Å². The van der Waals surface area contributed by atoms with Crippen LogP contribution in [0.3, 0.4) is 0 Å². The van der Waals surface area contributed by atoms with Gasteiger partial charge >= 0.3 is 5.97 Å². The third-order valence-corrected chi connectivity index (χ3v) is 3.64. The van der Waals surface area contributed by atoms with E-state index in [1.807, 2.05) is 24.3 Å². The predicted molar refractivity (Wildman–Crippen MR) is 97.5 cm³/mol. The van der Waals surface area contributed by atoms with Crippen molar-refractivity contribution >= 4 is 27.8 Å². The van der Waals surface area contributed by atoms with Crippen molar-refractivity contribution in [3.63, 3.8) is 0 Å². The average molecular weight is 402 g/mol. The summed E-state index contributed by atoms with van der Waals surface area (Å²) in [6, 6.07) is 13.9. The highest BCUT2D eigenvalue weighted by atomic mass is 79.9. The number of hydrogen-bond acceptors (Lipinski definition) is 4. The van der Waals surface area contributed by atoms with Gasteiger partial charge in [-0.05, 0) is 30.3 Å². The minimum Gasteiger partial charge on any atom is -0.481 e. The molecule has 1 amide bonds. The molecule has 0 saturated heterocycles. The molecule has 0 aromatic heterocycles. The Morgan fingerprint density at radius 3 is 2.56 bits per heavy atom. The maximum Gasteiger partial charge on any atom is 0.338 e. The molecule has 2 rings (SSSR count). The number of ether oxygens (including phenoxy) is 2. The topological polar surface area (TPSA) is 64.6 Å². The second-order valence-corrected chi connectivity index (χ2v) is 5.74. The quantitative estimate of drug-likeness (QED) is 0.617. The molecule has 0 aliphatic carbocycles. The van der Waals surface area contributed by atoms with Crippen LogP contribution in [0.5, 0.6) is 5.75 Å². The van der Waals surface area contributed by atoms with Crippen molar-refractivity contribution in [2.24, 2.45) is 0 Å². The zero-order valence-electron chi connectivity index (χ0n) is 13.5. The zero-order chi connectivity index (χ0) is 18.1. The SMILES string of the molecule is COC(=O)c1ccccc1C(=O)NCC#CCOc1cccc(Br)c1. The van der Waals surface area contributed by atoms with Gasteiger partial charge in [-0.15, -0.1) is 0 Å². The molecule has 128 valence electrons. The first-order chi connectivity index (χ1) is 12.1. The summed E-state index contributed by atoms with van der Waals surface area (Å²) in [7, 11) is 1.27. The highest BCUT2D eigenvalue weighted by Crippen LogP contribution is 2.17. The highest BCUT2D eigenvalue weighted by molar-refractivity contribution is 9.10. The van der Waals surface area contributed by atoms with Crippen molar-refractivity contribution in [1.29, 1.82) is 0 Å². The molecule has 25 heavy (non-hydrogen) atoms. The summed E-state index contributed by atoms with van der Waals surface area (Å²) < 4.78 is 11.1. The van der Waals surface area contributed by atoms with E-state index >= 15 is 0 Å². The third kappa shape index (κ3) is 5.66. The smallest absolute Gasteiger partial charge is 0.338 e. The molecule has 0 aliphatic rings. The molecule has 0 fully saturated rings. The maximum absolute atomic E-state index is 12.2. The van der Waals surface area contributed by atoms with Gasteiger partial charge in [-0.2, -0.15) is 0 Å². The number of carbonyl (C=O) groups is 2. The van der Waals surface area contributed by atoms with Gasteiger partial charge in [0.15, 0.2) is 0 Å². The van der Waals surface area contributed by atoms with Crippen molar-refractivity contribution in [3.05, 3.63) is 64.1 Å². The molecule has 2 aromatic rings. The molecule has 0 radical (unpaired) electrons. The Bertz CT molecular complexity index is 823. The van der Waals surface area contributed by atoms with Crippen molar-refractivity contribution in [2.45, 2.75) is 0 Å². The number of rotatable bonds is 5. The van der Waals surface area contributed by atoms with Crippen LogP contribution < -0.4 is 10.1 Å². The normalized spacial score (nSPS) is 9.52. The number of halogens is 1. The Labute approximate surface area is 154 Å². The molecule has 0 unspecified atom stereocenters. The molecule has 0 saturated carbocycles. The van der Waals surface area contributed by atoms with Crippen molar-refractivity contribution in [3.8, 4) is 17.6 Å². The van der Waals surface area contributed by atoms with Crippen LogP contribution in [0.4, 0.5) is 0 Å². The third-order valence-electron chi connectivity index (χ3n) is 3.15. The Hall–Kier alpha value is -2.78. The van der Waals surface area contributed by atoms with E-state index in [9.17, 15) is 9.59 Å². The maximum atomic E-state index is 12.2. The second kappa shape index (κ2) is 9.50. The summed E-state index contributed by atoms with van der Waals surface area (Å²) in [5, 5.41) is 2.64. The lowest BCUT2D eigenvalue weighted by molar-refractivity contribution is 0.0596. The summed E-state index contributed by atoms with van der Waals surface area (Å²) in [5.74, 6) is 5.38. The van der Waals surface area contributed by atoms with Crippen LogP contribution in [0, 0.1) is 11.8 Å². The van der Waals surface area contributed by atoms with Crippen molar-refractivity contribution in [1.82, 2.24) is 5.32 Å². The number of nitrogens with one attached hydrogen (secondary N) is 1. The molecule has 0 bridgehead atoms. The van der Waals surface area contributed by atoms with Gasteiger partial charge in [0.05, 0.1) is 24.8 Å². The Kier molecular flexibility index (Phi) is 7.05. The monoisotopic (exact) mass is 401 g/mol. The van der Waals surface area contributed by atoms with E-state index in [4.69, 9.17) is 4.74 Å². The van der Waals surface area contributed by atoms with E-state index in [0.717, 1.165) is 4.47 Å². The fourth-order valence-corrected chi connectivity index (χ4v) is 2.36. The van der Waals surface area contributed by atoms with Gasteiger partial charge < -0.3 is 14.8 Å². The Balaban J connectivity index is 1.84. The minimum absolute atomic E-state index is 0.149. The molecule has 6 heteroatoms. The fraction of sp³-hybridized carbons (Fsp3) is 0.158. The largest absolute Gasteiger partial charge is 0.481 e. The van der Waals surface area contributed by atoms with E-state index < -0.39 is 5.97 Å². The lowest BCUT2D eigenvalue weighted by atomic mass is 10.1. The van der Waals surface area contributed by atoms with Crippen molar-refractivity contribution < 1.29 is 19.1 Å². The van der Waals surface area contributed by atoms with Gasteiger partial charge in [-0.25, -0.2) is 4.79 Å². The lowest BCUT2D eigenvalue weighted by Crippen LogP contribution is -2.25. The highest BCUT2D eigenvalue weighted by Gasteiger charge is 2.16. The van der Waals surface area contributed by atoms with Gasteiger partial charge in [0.25, 0.3) is 5.91 Å². The van der Waals surface area contributed by atoms with Gasteiger partial charge in [0, 0.05) is 4.47 Å². The first-order valence-corrected chi connectivity index (χ1v) is 8.20. The van der Waals surface area contributed by atoms with Crippen LogP contribution in [-0.4, -0.2) is 32.1 Å². The van der Waals surface area contributed by atoms with E-state index in [2.05, 4.69) is 37.8 Å². The molecular weight excluding hydrogens is 386 g/mol. The van der Waals surface area contributed by atoms with Crippen molar-refractivity contribution in [2.75, 3.05) is 20.3 Å². The van der Waals surface area contributed by atoms with Crippen LogP contribution in [0.2, 0.25) is 0 Å². The fourth-order valence-electron chi connectivity index (χ4n) is 1.98. The molecule has 0 spiro atoms. The number of benzene rings is 2. The zero-order valence-corrected chi connectivity index (χ0v) is 15.1. The Morgan fingerprint density at radius 1 is 1.08 bits per heavy atom. The van der Waals surface area contributed by atoms with Gasteiger partial charge in [-0.3, -0.25) is 4.79 Å². The summed E-state index contributed by atoms with van der Waals surface area (Å²) in [6.45, 7) is 0.362. The number of amides is 1. The first kappa shape index (κ1) is 18.6. The van der Waals surface area contributed by atoms with Crippen LogP contribution >= 0.6 is 15.9 Å². The molecule has 2 aromatic carbocycles. The number of hydrogen-bond donors (Lipinski definition) is 1. The van der Waals surface area contributed by atoms with Crippen LogP contribution in [0.15, 0.2) is 53.0 Å². The standard InChI is InChI=1S/C19H16BrNO4/c1-24-19(23)17-10-3-2-9-16(17)18(22)21-11-4-5-12-25-15-8-6-7-14(20)13-15/h2-3,6-10,13H,11-12H2,1H3,(H,21,22). The summed E-state index contributed by atoms with van der Waals surface area (Å²) in [4.78, 5) is 23.8. The molecule has 0 atom stereocenters. The van der Waals surface area contributed by atoms with Crippen LogP contribution in [0.1, 0.15) is 20.7 Å². The predicted octanol–water partition coefficient (Wildman–Crippen LogP) is 3.05. The molecule has 5 nitrogen and oxygen atoms in total. The number of methoxy groups -OCH3 is 1. The summed E-state index contributed by atoms with van der Waals surface area (Å²) >= 11 is 3.36. The van der Waals surface area contributed by atoms with Crippen LogP contribution in [0.25, 0.3) is 0 Å². The Morgan fingerprint density at radius 2 is 1.84 bits per heavy atom.